The van der Waals surface area contributed by atoms with Crippen LogP contribution in [0.25, 0.3) is 16.6 Å². The SMILES string of the molecule is CCc1ccc2c(c1)CC(c1cn3nc(CC)sc3n1)=C2. The van der Waals surface area contributed by atoms with Crippen molar-refractivity contribution in [3.8, 4) is 0 Å². The average Bonchev–Trinajstić information content (AvgIpc) is 3.17. The second kappa shape index (κ2) is 4.81. The van der Waals surface area contributed by atoms with Gasteiger partial charge in [-0.3, -0.25) is 0 Å². The molecular weight excluding hydrogens is 278 g/mol. The minimum absolute atomic E-state index is 0.970. The van der Waals surface area contributed by atoms with Crippen LogP contribution < -0.4 is 0 Å². The van der Waals surface area contributed by atoms with E-state index in [4.69, 9.17) is 4.98 Å². The number of hydrogen-bond acceptors (Lipinski definition) is 3. The third kappa shape index (κ3) is 2.10. The first-order valence-electron chi connectivity index (χ1n) is 7.44. The van der Waals surface area contributed by atoms with E-state index in [2.05, 4.69) is 49.4 Å². The molecule has 1 aromatic carbocycles. The molecule has 4 rings (SSSR count). The molecule has 3 aromatic rings. The van der Waals surface area contributed by atoms with Crippen molar-refractivity contribution < 1.29 is 0 Å². The molecule has 1 aliphatic rings. The molecule has 1 aliphatic carbocycles. The first-order valence-corrected chi connectivity index (χ1v) is 8.26. The van der Waals surface area contributed by atoms with Crippen molar-refractivity contribution in [2.75, 3.05) is 0 Å². The summed E-state index contributed by atoms with van der Waals surface area (Å²) in [6.07, 6.45) is 7.36. The Hall–Kier alpha value is -1.94. The minimum atomic E-state index is 0.970. The molecule has 0 unspecified atom stereocenters. The highest BCUT2D eigenvalue weighted by Crippen LogP contribution is 2.32. The number of hydrogen-bond donors (Lipinski definition) is 0. The molecule has 0 bridgehead atoms. The van der Waals surface area contributed by atoms with Gasteiger partial charge < -0.3 is 0 Å². The predicted octanol–water partition coefficient (Wildman–Crippen LogP) is 4.01. The van der Waals surface area contributed by atoms with Gasteiger partial charge in [-0.25, -0.2) is 9.50 Å². The summed E-state index contributed by atoms with van der Waals surface area (Å²) in [7, 11) is 0. The molecular formula is C17H17N3S. The zero-order valence-electron chi connectivity index (χ0n) is 12.3. The van der Waals surface area contributed by atoms with Crippen LogP contribution in [0.15, 0.2) is 24.4 Å². The Morgan fingerprint density at radius 2 is 2.14 bits per heavy atom. The van der Waals surface area contributed by atoms with Gasteiger partial charge >= 0.3 is 0 Å². The molecule has 0 saturated carbocycles. The van der Waals surface area contributed by atoms with Gasteiger partial charge in [-0.05, 0) is 41.2 Å². The summed E-state index contributed by atoms with van der Waals surface area (Å²) in [6, 6.07) is 6.77. The number of nitrogens with zero attached hydrogens (tertiary/aromatic N) is 3. The topological polar surface area (TPSA) is 30.2 Å². The Balaban J connectivity index is 1.69. The molecule has 3 nitrogen and oxygen atoms in total. The monoisotopic (exact) mass is 295 g/mol. The second-order valence-corrected chi connectivity index (χ2v) is 6.48. The fraction of sp³-hybridized carbons (Fsp3) is 0.294. The number of fused-ring (bicyclic) bond motifs is 2. The van der Waals surface area contributed by atoms with E-state index in [9.17, 15) is 0 Å². The Kier molecular flexibility index (Phi) is 2.93. The quantitative estimate of drug-likeness (QED) is 0.730. The average molecular weight is 295 g/mol. The lowest BCUT2D eigenvalue weighted by molar-refractivity contribution is 0.909. The van der Waals surface area contributed by atoms with Gasteiger partial charge in [-0.2, -0.15) is 5.10 Å². The number of rotatable bonds is 3. The Labute approximate surface area is 128 Å². The van der Waals surface area contributed by atoms with Gasteiger partial charge in [-0.1, -0.05) is 43.4 Å². The van der Waals surface area contributed by atoms with E-state index in [-0.39, 0.29) is 0 Å². The highest BCUT2D eigenvalue weighted by atomic mass is 32.1. The summed E-state index contributed by atoms with van der Waals surface area (Å²) in [5.41, 5.74) is 6.52. The molecule has 0 radical (unpaired) electrons. The van der Waals surface area contributed by atoms with Gasteiger partial charge in [0.25, 0.3) is 0 Å². The summed E-state index contributed by atoms with van der Waals surface area (Å²) in [5.74, 6) is 0. The van der Waals surface area contributed by atoms with Crippen molar-refractivity contribution in [3.63, 3.8) is 0 Å². The van der Waals surface area contributed by atoms with E-state index in [1.54, 1.807) is 11.3 Å². The summed E-state index contributed by atoms with van der Waals surface area (Å²) in [5, 5.41) is 5.68. The lowest BCUT2D eigenvalue weighted by Gasteiger charge is -2.01. The van der Waals surface area contributed by atoms with Crippen LogP contribution in [0.5, 0.6) is 0 Å². The van der Waals surface area contributed by atoms with Crippen LogP contribution in [-0.2, 0) is 19.3 Å². The highest BCUT2D eigenvalue weighted by Gasteiger charge is 2.17. The molecule has 0 N–H and O–H groups in total. The van der Waals surface area contributed by atoms with E-state index in [0.717, 1.165) is 34.9 Å². The highest BCUT2D eigenvalue weighted by molar-refractivity contribution is 7.16. The molecule has 21 heavy (non-hydrogen) atoms. The Morgan fingerprint density at radius 3 is 2.90 bits per heavy atom. The fourth-order valence-electron chi connectivity index (χ4n) is 2.82. The van der Waals surface area contributed by atoms with E-state index in [1.807, 2.05) is 4.52 Å². The van der Waals surface area contributed by atoms with Gasteiger partial charge in [0.15, 0.2) is 0 Å². The number of aryl methyl sites for hydroxylation is 2. The van der Waals surface area contributed by atoms with Gasteiger partial charge in [0.2, 0.25) is 4.96 Å². The number of imidazole rings is 1. The van der Waals surface area contributed by atoms with Crippen LogP contribution in [0.1, 0.15) is 41.2 Å². The third-order valence-corrected chi connectivity index (χ3v) is 5.11. The zero-order valence-corrected chi connectivity index (χ0v) is 13.1. The van der Waals surface area contributed by atoms with E-state index in [1.165, 1.54) is 22.3 Å². The normalized spacial score (nSPS) is 13.7. The van der Waals surface area contributed by atoms with Crippen LogP contribution in [0.3, 0.4) is 0 Å². The number of allylic oxidation sites excluding steroid dienone is 1. The molecule has 0 atom stereocenters. The summed E-state index contributed by atoms with van der Waals surface area (Å²) in [6.45, 7) is 4.33. The molecule has 0 spiro atoms. The third-order valence-electron chi connectivity index (χ3n) is 4.04. The molecule has 4 heteroatoms. The number of aromatic nitrogens is 3. The largest absolute Gasteiger partial charge is 0.218 e. The van der Waals surface area contributed by atoms with Gasteiger partial charge in [-0.15, -0.1) is 0 Å². The first-order chi connectivity index (χ1) is 10.3. The lowest BCUT2D eigenvalue weighted by atomic mass is 10.0. The summed E-state index contributed by atoms with van der Waals surface area (Å²) in [4.78, 5) is 5.73. The molecule has 0 saturated heterocycles. The van der Waals surface area contributed by atoms with Crippen LogP contribution in [0, 0.1) is 0 Å². The molecule has 0 fully saturated rings. The fourth-order valence-corrected chi connectivity index (χ4v) is 3.64. The van der Waals surface area contributed by atoms with Crippen LogP contribution >= 0.6 is 11.3 Å². The van der Waals surface area contributed by atoms with E-state index in [0.29, 0.717) is 0 Å². The predicted molar refractivity (Wildman–Crippen MR) is 87.6 cm³/mol. The van der Waals surface area contributed by atoms with Gasteiger partial charge in [0, 0.05) is 6.42 Å². The second-order valence-electron chi connectivity index (χ2n) is 5.44. The molecule has 2 heterocycles. The number of benzene rings is 1. The molecule has 0 aliphatic heterocycles. The molecule has 2 aromatic heterocycles. The zero-order chi connectivity index (χ0) is 14.4. The maximum atomic E-state index is 4.74. The maximum Gasteiger partial charge on any atom is 0.212 e. The lowest BCUT2D eigenvalue weighted by Crippen LogP contribution is -1.89. The Bertz CT molecular complexity index is 823. The summed E-state index contributed by atoms with van der Waals surface area (Å²) < 4.78 is 1.92. The van der Waals surface area contributed by atoms with E-state index < -0.39 is 0 Å². The van der Waals surface area contributed by atoms with E-state index >= 15 is 0 Å². The molecule has 106 valence electrons. The van der Waals surface area contributed by atoms with Crippen molar-refractivity contribution >= 4 is 27.9 Å². The first kappa shape index (κ1) is 12.8. The van der Waals surface area contributed by atoms with Crippen molar-refractivity contribution in [2.45, 2.75) is 33.1 Å². The van der Waals surface area contributed by atoms with Crippen molar-refractivity contribution in [1.82, 2.24) is 14.6 Å². The van der Waals surface area contributed by atoms with Crippen LogP contribution in [-0.4, -0.2) is 14.6 Å². The summed E-state index contributed by atoms with van der Waals surface area (Å²) >= 11 is 1.68. The van der Waals surface area contributed by atoms with Crippen molar-refractivity contribution in [3.05, 3.63) is 51.8 Å². The standard InChI is InChI=1S/C17H17N3S/c1-3-11-5-6-12-8-14(9-13(12)7-11)15-10-20-17(18-15)21-16(4-2)19-20/h5-8,10H,3-4,9H2,1-2H3. The maximum absolute atomic E-state index is 4.74. The minimum Gasteiger partial charge on any atom is -0.218 e. The van der Waals surface area contributed by atoms with Gasteiger partial charge in [0.05, 0.1) is 11.9 Å². The van der Waals surface area contributed by atoms with Crippen molar-refractivity contribution in [2.24, 2.45) is 0 Å². The van der Waals surface area contributed by atoms with Crippen LogP contribution in [0.2, 0.25) is 0 Å². The molecule has 0 amide bonds. The smallest absolute Gasteiger partial charge is 0.212 e. The Morgan fingerprint density at radius 1 is 1.24 bits per heavy atom. The van der Waals surface area contributed by atoms with Gasteiger partial charge in [0.1, 0.15) is 5.01 Å². The van der Waals surface area contributed by atoms with Crippen LogP contribution in [0.4, 0.5) is 0 Å². The van der Waals surface area contributed by atoms with Crippen molar-refractivity contribution in [1.29, 1.82) is 0 Å².